The van der Waals surface area contributed by atoms with Crippen LogP contribution in [-0.4, -0.2) is 34.3 Å². The number of thioether (sulfide) groups is 1. The highest BCUT2D eigenvalue weighted by molar-refractivity contribution is 8.00. The van der Waals surface area contributed by atoms with Crippen LogP contribution in [0, 0.1) is 0 Å². The van der Waals surface area contributed by atoms with Gasteiger partial charge in [0, 0.05) is 16.3 Å². The lowest BCUT2D eigenvalue weighted by Gasteiger charge is -2.14. The predicted octanol–water partition coefficient (Wildman–Crippen LogP) is 4.72. The van der Waals surface area contributed by atoms with Gasteiger partial charge < -0.3 is 14.8 Å². The number of amides is 1. The molecule has 1 amide bonds. The molecule has 9 heteroatoms. The van der Waals surface area contributed by atoms with Crippen LogP contribution < -0.4 is 19.5 Å². The third-order valence-corrected chi connectivity index (χ3v) is 7.92. The van der Waals surface area contributed by atoms with E-state index in [2.05, 4.69) is 22.2 Å². The molecule has 0 unspecified atom stereocenters. The Bertz CT molecular complexity index is 1290. The van der Waals surface area contributed by atoms with E-state index in [9.17, 15) is 13.2 Å². The zero-order chi connectivity index (χ0) is 24.1. The number of aryl methyl sites for hydroxylation is 2. The number of fused-ring (bicyclic) bond motifs is 1. The Morgan fingerprint density at radius 2 is 1.65 bits per heavy atom. The van der Waals surface area contributed by atoms with Crippen LogP contribution in [0.15, 0.2) is 70.5 Å². The lowest BCUT2D eigenvalue weighted by Crippen LogP contribution is -2.17. The fourth-order valence-electron chi connectivity index (χ4n) is 3.82. The highest BCUT2D eigenvalue weighted by Gasteiger charge is 2.21. The summed E-state index contributed by atoms with van der Waals surface area (Å²) >= 11 is 1.46. The number of rotatable bonds is 9. The molecule has 4 rings (SSSR count). The van der Waals surface area contributed by atoms with E-state index in [0.717, 1.165) is 17.7 Å². The summed E-state index contributed by atoms with van der Waals surface area (Å²) in [6, 6.07) is 17.4. The van der Waals surface area contributed by atoms with Gasteiger partial charge in [-0.3, -0.25) is 9.52 Å². The van der Waals surface area contributed by atoms with Gasteiger partial charge in [0.2, 0.25) is 5.91 Å². The van der Waals surface area contributed by atoms with Crippen LogP contribution in [0.2, 0.25) is 0 Å². The summed E-state index contributed by atoms with van der Waals surface area (Å²) < 4.78 is 39.0. The van der Waals surface area contributed by atoms with Gasteiger partial charge in [-0.15, -0.1) is 11.8 Å². The van der Waals surface area contributed by atoms with Crippen LogP contribution in [0.5, 0.6) is 11.5 Å². The Labute approximate surface area is 203 Å². The third kappa shape index (κ3) is 5.66. The first kappa shape index (κ1) is 24.0. The molecule has 0 spiro atoms. The van der Waals surface area contributed by atoms with Gasteiger partial charge >= 0.3 is 0 Å². The normalized spacial score (nSPS) is 12.6. The first-order chi connectivity index (χ1) is 16.4. The molecule has 0 aliphatic heterocycles. The molecule has 0 saturated carbocycles. The molecule has 34 heavy (non-hydrogen) atoms. The first-order valence-corrected chi connectivity index (χ1v) is 13.2. The van der Waals surface area contributed by atoms with Crippen LogP contribution in [0.3, 0.4) is 0 Å². The Kier molecular flexibility index (Phi) is 7.33. The Morgan fingerprint density at radius 3 is 2.38 bits per heavy atom. The van der Waals surface area contributed by atoms with Crippen LogP contribution in [-0.2, 0) is 27.7 Å². The van der Waals surface area contributed by atoms with Crippen molar-refractivity contribution in [1.29, 1.82) is 0 Å². The van der Waals surface area contributed by atoms with Crippen molar-refractivity contribution >= 4 is 39.1 Å². The molecule has 2 N–H and O–H groups in total. The van der Waals surface area contributed by atoms with E-state index in [-0.39, 0.29) is 22.3 Å². The number of ether oxygens (including phenoxy) is 2. The number of hydrogen-bond acceptors (Lipinski definition) is 6. The number of carbonyl (C=O) groups excluding carboxylic acids is 1. The van der Waals surface area contributed by atoms with E-state index in [1.54, 1.807) is 30.3 Å². The highest BCUT2D eigenvalue weighted by Crippen LogP contribution is 2.30. The fourth-order valence-corrected chi connectivity index (χ4v) is 5.83. The number of carbonyl (C=O) groups is 1. The van der Waals surface area contributed by atoms with E-state index in [1.165, 1.54) is 55.7 Å². The Morgan fingerprint density at radius 1 is 0.912 bits per heavy atom. The molecule has 0 bridgehead atoms. The number of anilines is 2. The smallest absolute Gasteiger partial charge is 0.265 e. The van der Waals surface area contributed by atoms with E-state index >= 15 is 0 Å². The standard InChI is InChI=1S/C25H26N2O5S2/c1-31-21-10-7-19(8-11-21)27-34(29,30)24-15-20(9-13-23(24)32-2)26-25(28)16-33-22-12-6-17-4-3-5-18(17)14-22/h6-15,27H,3-5,16H2,1-2H3,(H,26,28). The summed E-state index contributed by atoms with van der Waals surface area (Å²) in [6.45, 7) is 0. The maximum Gasteiger partial charge on any atom is 0.265 e. The average molecular weight is 499 g/mol. The molecule has 0 radical (unpaired) electrons. The number of sulfonamides is 1. The van der Waals surface area contributed by atoms with Crippen molar-refractivity contribution in [3.05, 3.63) is 71.8 Å². The molecule has 0 heterocycles. The summed E-state index contributed by atoms with van der Waals surface area (Å²) in [4.78, 5) is 13.5. The van der Waals surface area contributed by atoms with Crippen LogP contribution >= 0.6 is 11.8 Å². The summed E-state index contributed by atoms with van der Waals surface area (Å²) in [5.41, 5.74) is 3.50. The second-order valence-corrected chi connectivity index (χ2v) is 10.5. The lowest BCUT2D eigenvalue weighted by molar-refractivity contribution is -0.113. The summed E-state index contributed by atoms with van der Waals surface area (Å²) in [5, 5.41) is 2.78. The maximum atomic E-state index is 13.0. The van der Waals surface area contributed by atoms with Gasteiger partial charge in [0.1, 0.15) is 16.4 Å². The molecule has 0 aromatic heterocycles. The van der Waals surface area contributed by atoms with Gasteiger partial charge in [0.25, 0.3) is 10.0 Å². The number of nitrogens with one attached hydrogen (secondary N) is 2. The molecule has 1 aliphatic rings. The van der Waals surface area contributed by atoms with Gasteiger partial charge in [-0.25, -0.2) is 8.42 Å². The third-order valence-electron chi connectivity index (χ3n) is 5.52. The van der Waals surface area contributed by atoms with Crippen molar-refractivity contribution in [1.82, 2.24) is 0 Å². The quantitative estimate of drug-likeness (QED) is 0.415. The molecule has 178 valence electrons. The Balaban J connectivity index is 1.45. The molecule has 3 aromatic rings. The maximum absolute atomic E-state index is 13.0. The molecule has 0 fully saturated rings. The average Bonchev–Trinajstić information content (AvgIpc) is 3.31. The second kappa shape index (κ2) is 10.4. The van der Waals surface area contributed by atoms with Gasteiger partial charge in [-0.2, -0.15) is 0 Å². The van der Waals surface area contributed by atoms with Crippen LogP contribution in [0.1, 0.15) is 17.5 Å². The van der Waals surface area contributed by atoms with Crippen molar-refractivity contribution in [2.24, 2.45) is 0 Å². The van der Waals surface area contributed by atoms with Crippen molar-refractivity contribution in [3.63, 3.8) is 0 Å². The monoisotopic (exact) mass is 498 g/mol. The van der Waals surface area contributed by atoms with E-state index in [0.29, 0.717) is 17.1 Å². The van der Waals surface area contributed by atoms with Crippen molar-refractivity contribution < 1.29 is 22.7 Å². The molecular formula is C25H26N2O5S2. The van der Waals surface area contributed by atoms with Gasteiger partial charge in [0.15, 0.2) is 0 Å². The molecular weight excluding hydrogens is 472 g/mol. The molecule has 3 aromatic carbocycles. The summed E-state index contributed by atoms with van der Waals surface area (Å²) in [7, 11) is -1.04. The number of methoxy groups -OCH3 is 2. The summed E-state index contributed by atoms with van der Waals surface area (Å²) in [6.07, 6.45) is 3.39. The van der Waals surface area contributed by atoms with Crippen molar-refractivity contribution in [2.45, 2.75) is 29.1 Å². The first-order valence-electron chi connectivity index (χ1n) is 10.8. The van der Waals surface area contributed by atoms with Crippen LogP contribution in [0.4, 0.5) is 11.4 Å². The molecule has 7 nitrogen and oxygen atoms in total. The van der Waals surface area contributed by atoms with Gasteiger partial charge in [-0.1, -0.05) is 6.07 Å². The zero-order valence-electron chi connectivity index (χ0n) is 19.0. The van der Waals surface area contributed by atoms with Crippen LogP contribution in [0.25, 0.3) is 0 Å². The van der Waals surface area contributed by atoms with E-state index in [4.69, 9.17) is 9.47 Å². The van der Waals surface area contributed by atoms with Crippen molar-refractivity contribution in [3.8, 4) is 11.5 Å². The highest BCUT2D eigenvalue weighted by atomic mass is 32.2. The summed E-state index contributed by atoms with van der Waals surface area (Å²) in [5.74, 6) is 0.786. The van der Waals surface area contributed by atoms with Crippen molar-refractivity contribution in [2.75, 3.05) is 30.0 Å². The molecule has 1 aliphatic carbocycles. The predicted molar refractivity (Wildman–Crippen MR) is 135 cm³/mol. The molecule has 0 atom stereocenters. The van der Waals surface area contributed by atoms with Gasteiger partial charge in [0.05, 0.1) is 20.0 Å². The van der Waals surface area contributed by atoms with Gasteiger partial charge in [-0.05, 0) is 85.0 Å². The fraction of sp³-hybridized carbons (Fsp3) is 0.240. The van der Waals surface area contributed by atoms with E-state index in [1.807, 2.05) is 6.07 Å². The minimum Gasteiger partial charge on any atom is -0.497 e. The topological polar surface area (TPSA) is 93.7 Å². The minimum absolute atomic E-state index is 0.0742. The lowest BCUT2D eigenvalue weighted by atomic mass is 10.1. The SMILES string of the molecule is COc1ccc(NS(=O)(=O)c2cc(NC(=O)CSc3ccc4c(c3)CCC4)ccc2OC)cc1. The minimum atomic E-state index is -3.97. The molecule has 0 saturated heterocycles. The number of hydrogen-bond donors (Lipinski definition) is 2. The number of benzene rings is 3. The Hall–Kier alpha value is -3.17. The largest absolute Gasteiger partial charge is 0.497 e. The second-order valence-electron chi connectivity index (χ2n) is 7.82. The zero-order valence-corrected chi connectivity index (χ0v) is 20.6. The van der Waals surface area contributed by atoms with E-state index < -0.39 is 10.0 Å².